The first-order chi connectivity index (χ1) is 9.95. The molecular formula is C15H30NaO5S+. The molecule has 1 N–H and O–H groups in total. The molecule has 126 valence electrons. The van der Waals surface area contributed by atoms with Crippen LogP contribution in [0, 0.1) is 0 Å². The van der Waals surface area contributed by atoms with Crippen LogP contribution in [0.1, 0.15) is 77.6 Å². The first-order valence-corrected chi connectivity index (χ1v) is 9.67. The van der Waals surface area contributed by atoms with Crippen LogP contribution in [0.5, 0.6) is 0 Å². The number of rotatable bonds is 14. The molecule has 0 aliphatic heterocycles. The van der Waals surface area contributed by atoms with Crippen molar-refractivity contribution < 1.29 is 52.1 Å². The van der Waals surface area contributed by atoms with Gasteiger partial charge in [-0.3, -0.25) is 9.35 Å². The van der Waals surface area contributed by atoms with Crippen LogP contribution >= 0.6 is 0 Å². The van der Waals surface area contributed by atoms with E-state index in [9.17, 15) is 13.2 Å². The van der Waals surface area contributed by atoms with E-state index in [2.05, 4.69) is 6.92 Å². The second-order valence-electron chi connectivity index (χ2n) is 5.44. The van der Waals surface area contributed by atoms with Gasteiger partial charge in [0.05, 0.1) is 18.8 Å². The SMILES string of the molecule is CCCCCCCCCCCCOC(=O)CCS(=O)(=O)O.[Na+]. The number of carbonyl (C=O) groups is 1. The molecule has 0 atom stereocenters. The van der Waals surface area contributed by atoms with Gasteiger partial charge in [0.25, 0.3) is 10.1 Å². The molecule has 0 rings (SSSR count). The first kappa shape index (κ1) is 24.6. The van der Waals surface area contributed by atoms with E-state index >= 15 is 0 Å². The number of carbonyl (C=O) groups excluding carboxylic acids is 1. The van der Waals surface area contributed by atoms with E-state index < -0.39 is 21.8 Å². The molecule has 5 nitrogen and oxygen atoms in total. The molecule has 0 saturated heterocycles. The number of hydrogen-bond acceptors (Lipinski definition) is 4. The smallest absolute Gasteiger partial charge is 0.466 e. The quantitative estimate of drug-likeness (QED) is 0.217. The Morgan fingerprint density at radius 3 is 1.82 bits per heavy atom. The zero-order valence-corrected chi connectivity index (χ0v) is 17.0. The van der Waals surface area contributed by atoms with E-state index in [0.717, 1.165) is 19.3 Å². The molecule has 0 fully saturated rings. The van der Waals surface area contributed by atoms with Crippen LogP contribution in [0.15, 0.2) is 0 Å². The predicted octanol–water partition coefficient (Wildman–Crippen LogP) is 0.732. The minimum atomic E-state index is -4.07. The molecule has 7 heteroatoms. The Morgan fingerprint density at radius 2 is 1.36 bits per heavy atom. The summed E-state index contributed by atoms with van der Waals surface area (Å²) in [5, 5.41) is 0. The van der Waals surface area contributed by atoms with Gasteiger partial charge in [0.1, 0.15) is 0 Å². The van der Waals surface area contributed by atoms with Crippen LogP contribution in [0.4, 0.5) is 0 Å². The second kappa shape index (κ2) is 16.2. The van der Waals surface area contributed by atoms with Gasteiger partial charge in [0.2, 0.25) is 0 Å². The maximum Gasteiger partial charge on any atom is 1.00 e. The van der Waals surface area contributed by atoms with E-state index in [0.29, 0.717) is 6.61 Å². The van der Waals surface area contributed by atoms with E-state index in [1.165, 1.54) is 44.9 Å². The largest absolute Gasteiger partial charge is 1.00 e. The van der Waals surface area contributed by atoms with Gasteiger partial charge in [-0.05, 0) is 6.42 Å². The Kier molecular flexibility index (Phi) is 18.2. The van der Waals surface area contributed by atoms with Crippen molar-refractivity contribution in [3.8, 4) is 0 Å². The number of ether oxygens (including phenoxy) is 1. The topological polar surface area (TPSA) is 80.7 Å². The van der Waals surface area contributed by atoms with Crippen LogP contribution in [-0.4, -0.2) is 31.3 Å². The standard InChI is InChI=1S/C15H30O5S.Na/c1-2-3-4-5-6-7-8-9-10-11-13-20-15(16)12-14-21(17,18)19;/h2-14H2,1H3,(H,17,18,19);/q;+1. The fourth-order valence-corrected chi connectivity index (χ4v) is 2.48. The second-order valence-corrected chi connectivity index (χ2v) is 7.01. The van der Waals surface area contributed by atoms with Crippen molar-refractivity contribution in [3.05, 3.63) is 0 Å². The monoisotopic (exact) mass is 345 g/mol. The van der Waals surface area contributed by atoms with Crippen LogP contribution in [0.2, 0.25) is 0 Å². The summed E-state index contributed by atoms with van der Waals surface area (Å²) < 4.78 is 34.3. The molecule has 22 heavy (non-hydrogen) atoms. The molecule has 0 aromatic rings. The van der Waals surface area contributed by atoms with Crippen molar-refractivity contribution in [3.63, 3.8) is 0 Å². The van der Waals surface area contributed by atoms with Gasteiger partial charge in [0.15, 0.2) is 0 Å². The molecule has 0 aliphatic rings. The number of hydrogen-bond donors (Lipinski definition) is 1. The molecule has 0 unspecified atom stereocenters. The van der Waals surface area contributed by atoms with Gasteiger partial charge >= 0.3 is 35.5 Å². The molecule has 0 spiro atoms. The molecule has 0 radical (unpaired) electrons. The third-order valence-corrected chi connectivity index (χ3v) is 4.05. The molecule has 0 aromatic heterocycles. The summed E-state index contributed by atoms with van der Waals surface area (Å²) >= 11 is 0. The Bertz CT molecular complexity index is 357. The predicted molar refractivity (Wildman–Crippen MR) is 83.8 cm³/mol. The van der Waals surface area contributed by atoms with Crippen molar-refractivity contribution >= 4 is 16.1 Å². The fraction of sp³-hybridized carbons (Fsp3) is 0.933. The Hall–Kier alpha value is 0.380. The molecule has 0 bridgehead atoms. The zero-order chi connectivity index (χ0) is 16.0. The third kappa shape index (κ3) is 20.4. The van der Waals surface area contributed by atoms with Gasteiger partial charge in [-0.1, -0.05) is 64.7 Å². The molecule has 0 aliphatic carbocycles. The van der Waals surface area contributed by atoms with Gasteiger partial charge in [-0.2, -0.15) is 8.42 Å². The Balaban J connectivity index is 0. The number of unbranched alkanes of at least 4 members (excludes halogenated alkanes) is 9. The van der Waals surface area contributed by atoms with Crippen LogP contribution in [0.25, 0.3) is 0 Å². The Labute approximate surface area is 157 Å². The fourth-order valence-electron chi connectivity index (χ4n) is 2.06. The van der Waals surface area contributed by atoms with Gasteiger partial charge < -0.3 is 4.74 Å². The Morgan fingerprint density at radius 1 is 0.909 bits per heavy atom. The van der Waals surface area contributed by atoms with E-state index in [-0.39, 0.29) is 36.0 Å². The van der Waals surface area contributed by atoms with Crippen molar-refractivity contribution in [1.82, 2.24) is 0 Å². The van der Waals surface area contributed by atoms with Gasteiger partial charge in [0, 0.05) is 0 Å². The van der Waals surface area contributed by atoms with E-state index in [1.54, 1.807) is 0 Å². The third-order valence-electron chi connectivity index (χ3n) is 3.33. The molecular weight excluding hydrogens is 315 g/mol. The summed E-state index contributed by atoms with van der Waals surface area (Å²) in [6.07, 6.45) is 11.8. The average molecular weight is 345 g/mol. The molecule has 0 amide bonds. The summed E-state index contributed by atoms with van der Waals surface area (Å²) in [6.45, 7) is 2.55. The minimum Gasteiger partial charge on any atom is -0.466 e. The molecule has 0 saturated carbocycles. The average Bonchev–Trinajstić information content (AvgIpc) is 2.42. The summed E-state index contributed by atoms with van der Waals surface area (Å²) in [7, 11) is -4.07. The summed E-state index contributed by atoms with van der Waals surface area (Å²) in [6, 6.07) is 0. The maximum absolute atomic E-state index is 11.2. The normalized spacial score (nSPS) is 11.0. The van der Waals surface area contributed by atoms with Crippen molar-refractivity contribution in [2.24, 2.45) is 0 Å². The summed E-state index contributed by atoms with van der Waals surface area (Å²) in [5.74, 6) is -1.13. The van der Waals surface area contributed by atoms with Gasteiger partial charge in [-0.15, -0.1) is 0 Å². The van der Waals surface area contributed by atoms with Crippen LogP contribution in [-0.2, 0) is 19.6 Å². The minimum absolute atomic E-state index is 0. The van der Waals surface area contributed by atoms with Crippen LogP contribution < -0.4 is 29.6 Å². The van der Waals surface area contributed by atoms with Crippen molar-refractivity contribution in [2.45, 2.75) is 77.6 Å². The van der Waals surface area contributed by atoms with Crippen molar-refractivity contribution in [2.75, 3.05) is 12.4 Å². The van der Waals surface area contributed by atoms with E-state index in [4.69, 9.17) is 9.29 Å². The van der Waals surface area contributed by atoms with Gasteiger partial charge in [-0.25, -0.2) is 0 Å². The summed E-state index contributed by atoms with van der Waals surface area (Å²) in [5.41, 5.74) is 0. The first-order valence-electron chi connectivity index (χ1n) is 8.06. The number of esters is 1. The molecule has 0 heterocycles. The van der Waals surface area contributed by atoms with Crippen LogP contribution in [0.3, 0.4) is 0 Å². The van der Waals surface area contributed by atoms with Crippen molar-refractivity contribution in [1.29, 1.82) is 0 Å². The molecule has 0 aromatic carbocycles. The zero-order valence-electron chi connectivity index (χ0n) is 14.2. The maximum atomic E-state index is 11.2. The van der Waals surface area contributed by atoms with E-state index in [1.807, 2.05) is 0 Å². The summed E-state index contributed by atoms with van der Waals surface area (Å²) in [4.78, 5) is 11.2.